The first-order valence-electron chi connectivity index (χ1n) is 8.56. The van der Waals surface area contributed by atoms with Gasteiger partial charge in [-0.3, -0.25) is 4.79 Å². The molecule has 0 spiro atoms. The number of carbonyl (C=O) groups excluding carboxylic acids is 1. The van der Waals surface area contributed by atoms with E-state index in [9.17, 15) is 9.18 Å². The molecule has 1 heterocycles. The zero-order valence-electron chi connectivity index (χ0n) is 15.0. The molecule has 0 aliphatic rings. The van der Waals surface area contributed by atoms with E-state index in [1.807, 2.05) is 0 Å². The Morgan fingerprint density at radius 1 is 1.16 bits per heavy atom. The second kappa shape index (κ2) is 9.11. The van der Waals surface area contributed by atoms with Crippen molar-refractivity contribution in [3.63, 3.8) is 0 Å². The molecule has 1 aromatic heterocycles. The van der Waals surface area contributed by atoms with Crippen LogP contribution in [0.4, 0.5) is 10.2 Å². The van der Waals surface area contributed by atoms with Gasteiger partial charge in [0.1, 0.15) is 23.2 Å². The Labute approximate surface area is 148 Å². The molecule has 0 bridgehead atoms. The molecule has 2 N–H and O–H groups in total. The van der Waals surface area contributed by atoms with E-state index in [4.69, 9.17) is 0 Å². The van der Waals surface area contributed by atoms with Crippen LogP contribution in [0.25, 0.3) is 0 Å². The van der Waals surface area contributed by atoms with Crippen molar-refractivity contribution in [2.45, 2.75) is 33.6 Å². The molecule has 1 amide bonds. The van der Waals surface area contributed by atoms with Crippen molar-refractivity contribution in [1.29, 1.82) is 0 Å². The van der Waals surface area contributed by atoms with Crippen molar-refractivity contribution in [2.24, 2.45) is 5.92 Å². The van der Waals surface area contributed by atoms with Crippen LogP contribution < -0.4 is 10.6 Å². The lowest BCUT2D eigenvalue weighted by Crippen LogP contribution is -2.26. The molecule has 6 heteroatoms. The number of nitrogens with one attached hydrogen (secondary N) is 2. The predicted octanol–water partition coefficient (Wildman–Crippen LogP) is 3.35. The number of amides is 1. The van der Waals surface area contributed by atoms with Crippen molar-refractivity contribution in [3.05, 3.63) is 53.2 Å². The summed E-state index contributed by atoms with van der Waals surface area (Å²) in [6.45, 7) is 7.26. The van der Waals surface area contributed by atoms with Gasteiger partial charge in [0, 0.05) is 19.2 Å². The monoisotopic (exact) mass is 344 g/mol. The molecule has 2 aromatic rings. The summed E-state index contributed by atoms with van der Waals surface area (Å²) >= 11 is 0. The molecule has 0 atom stereocenters. The van der Waals surface area contributed by atoms with Crippen LogP contribution >= 0.6 is 0 Å². The Balaban J connectivity index is 1.91. The van der Waals surface area contributed by atoms with Crippen molar-refractivity contribution < 1.29 is 9.18 Å². The van der Waals surface area contributed by atoms with Gasteiger partial charge in [-0.25, -0.2) is 14.4 Å². The molecular formula is C19H25FN4O. The maximum Gasteiger partial charge on any atom is 0.270 e. The van der Waals surface area contributed by atoms with Crippen molar-refractivity contribution in [1.82, 2.24) is 15.3 Å². The first-order valence-corrected chi connectivity index (χ1v) is 8.56. The van der Waals surface area contributed by atoms with Gasteiger partial charge in [0.15, 0.2) is 0 Å². The molecule has 0 radical (unpaired) electrons. The van der Waals surface area contributed by atoms with Crippen LogP contribution in [0.2, 0.25) is 0 Å². The zero-order valence-corrected chi connectivity index (χ0v) is 15.0. The van der Waals surface area contributed by atoms with Gasteiger partial charge in [0.2, 0.25) is 0 Å². The molecule has 2 rings (SSSR count). The van der Waals surface area contributed by atoms with E-state index in [2.05, 4.69) is 34.4 Å². The first-order chi connectivity index (χ1) is 11.9. The number of aryl methyl sites for hydroxylation is 1. The van der Waals surface area contributed by atoms with Crippen molar-refractivity contribution in [3.8, 4) is 0 Å². The summed E-state index contributed by atoms with van der Waals surface area (Å²) in [6, 6.07) is 8.07. The Hall–Kier alpha value is -2.50. The number of carbonyl (C=O) groups is 1. The van der Waals surface area contributed by atoms with Crippen LogP contribution in [-0.2, 0) is 6.42 Å². The maximum atomic E-state index is 12.9. The lowest BCUT2D eigenvalue weighted by Gasteiger charge is -2.10. The molecule has 0 saturated carbocycles. The van der Waals surface area contributed by atoms with E-state index >= 15 is 0 Å². The van der Waals surface area contributed by atoms with E-state index in [1.54, 1.807) is 25.1 Å². The van der Waals surface area contributed by atoms with E-state index in [-0.39, 0.29) is 11.7 Å². The fourth-order valence-corrected chi connectivity index (χ4v) is 2.33. The summed E-state index contributed by atoms with van der Waals surface area (Å²) in [7, 11) is 0. The normalized spacial score (nSPS) is 10.8. The highest BCUT2D eigenvalue weighted by Crippen LogP contribution is 2.09. The minimum Gasteiger partial charge on any atom is -0.370 e. The summed E-state index contributed by atoms with van der Waals surface area (Å²) in [6.07, 6.45) is 1.66. The summed E-state index contributed by atoms with van der Waals surface area (Å²) in [5, 5.41) is 6.07. The number of aromatic nitrogens is 2. The SMILES string of the molecule is Cc1nc(NCCc2ccc(F)cc2)cc(C(=O)NCCC(C)C)n1. The molecule has 0 aliphatic carbocycles. The number of benzene rings is 1. The third kappa shape index (κ3) is 6.49. The van der Waals surface area contributed by atoms with Crippen LogP contribution in [0.15, 0.2) is 30.3 Å². The molecule has 0 saturated heterocycles. The molecule has 5 nitrogen and oxygen atoms in total. The fourth-order valence-electron chi connectivity index (χ4n) is 2.33. The summed E-state index contributed by atoms with van der Waals surface area (Å²) in [5.74, 6) is 1.27. The van der Waals surface area contributed by atoms with Gasteiger partial charge < -0.3 is 10.6 Å². The summed E-state index contributed by atoms with van der Waals surface area (Å²) in [5.41, 5.74) is 1.40. The maximum absolute atomic E-state index is 12.9. The Bertz CT molecular complexity index is 701. The third-order valence-corrected chi connectivity index (χ3v) is 3.71. The molecule has 134 valence electrons. The van der Waals surface area contributed by atoms with Crippen LogP contribution in [-0.4, -0.2) is 29.0 Å². The Morgan fingerprint density at radius 2 is 1.88 bits per heavy atom. The second-order valence-electron chi connectivity index (χ2n) is 6.43. The number of hydrogen-bond acceptors (Lipinski definition) is 4. The molecule has 0 unspecified atom stereocenters. The van der Waals surface area contributed by atoms with Gasteiger partial charge in [-0.2, -0.15) is 0 Å². The minimum absolute atomic E-state index is 0.187. The van der Waals surface area contributed by atoms with Crippen LogP contribution in [0.3, 0.4) is 0 Å². The van der Waals surface area contributed by atoms with Crippen molar-refractivity contribution in [2.75, 3.05) is 18.4 Å². The van der Waals surface area contributed by atoms with Crippen LogP contribution in [0.5, 0.6) is 0 Å². The standard InChI is InChI=1S/C19H25FN4O/c1-13(2)8-10-22-19(25)17-12-18(24-14(3)23-17)21-11-9-15-4-6-16(20)7-5-15/h4-7,12-13H,8-11H2,1-3H3,(H,22,25)(H,21,23,24). The molecule has 0 fully saturated rings. The van der Waals surface area contributed by atoms with Gasteiger partial charge in [-0.15, -0.1) is 0 Å². The lowest BCUT2D eigenvalue weighted by molar-refractivity contribution is 0.0946. The number of nitrogens with zero attached hydrogens (tertiary/aromatic N) is 2. The molecule has 1 aromatic carbocycles. The van der Waals surface area contributed by atoms with E-state index in [1.165, 1.54) is 12.1 Å². The molecular weight excluding hydrogens is 319 g/mol. The minimum atomic E-state index is -0.240. The lowest BCUT2D eigenvalue weighted by atomic mass is 10.1. The van der Waals surface area contributed by atoms with Gasteiger partial charge in [-0.05, 0) is 43.4 Å². The average molecular weight is 344 g/mol. The smallest absolute Gasteiger partial charge is 0.270 e. The number of hydrogen-bond donors (Lipinski definition) is 2. The zero-order chi connectivity index (χ0) is 18.2. The van der Waals surface area contributed by atoms with Gasteiger partial charge in [0.05, 0.1) is 0 Å². The van der Waals surface area contributed by atoms with Gasteiger partial charge >= 0.3 is 0 Å². The van der Waals surface area contributed by atoms with Gasteiger partial charge in [0.25, 0.3) is 5.91 Å². The molecule has 0 aliphatic heterocycles. The van der Waals surface area contributed by atoms with E-state index in [0.29, 0.717) is 36.3 Å². The van der Waals surface area contributed by atoms with E-state index in [0.717, 1.165) is 18.4 Å². The third-order valence-electron chi connectivity index (χ3n) is 3.71. The summed E-state index contributed by atoms with van der Waals surface area (Å²) in [4.78, 5) is 20.7. The van der Waals surface area contributed by atoms with Gasteiger partial charge in [-0.1, -0.05) is 26.0 Å². The van der Waals surface area contributed by atoms with Crippen LogP contribution in [0.1, 0.15) is 42.1 Å². The second-order valence-corrected chi connectivity index (χ2v) is 6.43. The fraction of sp³-hybridized carbons (Fsp3) is 0.421. The van der Waals surface area contributed by atoms with E-state index < -0.39 is 0 Å². The quantitative estimate of drug-likeness (QED) is 0.771. The summed E-state index contributed by atoms with van der Waals surface area (Å²) < 4.78 is 12.9. The number of rotatable bonds is 8. The van der Waals surface area contributed by atoms with Crippen molar-refractivity contribution >= 4 is 11.7 Å². The number of anilines is 1. The highest BCUT2D eigenvalue weighted by Gasteiger charge is 2.10. The highest BCUT2D eigenvalue weighted by molar-refractivity contribution is 5.92. The topological polar surface area (TPSA) is 66.9 Å². The largest absolute Gasteiger partial charge is 0.370 e. The first kappa shape index (κ1) is 18.8. The Kier molecular flexibility index (Phi) is 6.86. The average Bonchev–Trinajstić information content (AvgIpc) is 2.56. The molecule has 25 heavy (non-hydrogen) atoms. The Morgan fingerprint density at radius 3 is 2.56 bits per heavy atom. The number of halogens is 1. The highest BCUT2D eigenvalue weighted by atomic mass is 19.1. The van der Waals surface area contributed by atoms with Crippen LogP contribution in [0, 0.1) is 18.7 Å². The predicted molar refractivity (Wildman–Crippen MR) is 97.2 cm³/mol.